The van der Waals surface area contributed by atoms with Crippen molar-refractivity contribution in [2.75, 3.05) is 38.8 Å². The molecule has 0 aliphatic rings. The quantitative estimate of drug-likeness (QED) is 0.173. The van der Waals surface area contributed by atoms with E-state index >= 15 is 0 Å². The van der Waals surface area contributed by atoms with Gasteiger partial charge in [-0.2, -0.15) is 0 Å². The van der Waals surface area contributed by atoms with Crippen LogP contribution in [0.3, 0.4) is 0 Å². The van der Waals surface area contributed by atoms with Crippen molar-refractivity contribution in [3.05, 3.63) is 12.2 Å². The van der Waals surface area contributed by atoms with E-state index < -0.39 is 21.8 Å². The molecule has 0 fully saturated rings. The Morgan fingerprint density at radius 2 is 1.58 bits per heavy atom. The molecule has 0 aromatic rings. The van der Waals surface area contributed by atoms with Gasteiger partial charge in [0, 0.05) is 5.57 Å². The zero-order chi connectivity index (χ0) is 14.0. The molecule has 0 bridgehead atoms. The molecule has 0 unspecified atom stereocenters. The number of hydrogen-bond donors (Lipinski definition) is 0. The number of carbonyl (C=O) groups is 1. The third kappa shape index (κ3) is 16.8. The van der Waals surface area contributed by atoms with Crippen molar-refractivity contribution in [2.45, 2.75) is 6.92 Å². The minimum Gasteiger partial charge on any atom is -0.748 e. The van der Waals surface area contributed by atoms with Gasteiger partial charge >= 0.3 is 64.2 Å². The Labute approximate surface area is 162 Å². The molecule has 0 heterocycles. The molecule has 0 saturated heterocycles. The summed E-state index contributed by atoms with van der Waals surface area (Å²) in [7, 11) is -4.22. The summed E-state index contributed by atoms with van der Waals surface area (Å²) in [5.41, 5.74) is 0.317. The summed E-state index contributed by atoms with van der Waals surface area (Å²) >= 11 is 0. The maximum atomic E-state index is 10.9. The van der Waals surface area contributed by atoms with Crippen LogP contribution in [0.5, 0.6) is 0 Å². The molecule has 19 heavy (non-hydrogen) atoms. The normalized spacial score (nSPS) is 10.6. The molecule has 0 spiro atoms. The van der Waals surface area contributed by atoms with Crippen molar-refractivity contribution in [2.24, 2.45) is 0 Å². The van der Waals surface area contributed by atoms with Gasteiger partial charge in [-0.05, 0) is 6.92 Å². The SMILES string of the molecule is C=C(C)C(=O)OCCOCCOCCS(=O)(=O)[O-].[Rb+]. The molecule has 0 aliphatic heterocycles. The standard InChI is InChI=1S/C10H18O7S.Rb/c1-9(2)10(11)17-6-5-15-3-4-16-7-8-18(12,13)14;/h1,3-8H2,2H3,(H,12,13,14);/q;+1/p-1. The first kappa shape index (κ1) is 22.1. The van der Waals surface area contributed by atoms with Gasteiger partial charge < -0.3 is 18.8 Å². The monoisotopic (exact) mass is 366 g/mol. The van der Waals surface area contributed by atoms with E-state index in [9.17, 15) is 17.8 Å². The van der Waals surface area contributed by atoms with Gasteiger partial charge in [0.15, 0.2) is 0 Å². The van der Waals surface area contributed by atoms with Crippen LogP contribution in [0.15, 0.2) is 12.2 Å². The third-order valence-corrected chi connectivity index (χ3v) is 2.33. The average molecular weight is 367 g/mol. The van der Waals surface area contributed by atoms with E-state index in [0.717, 1.165) is 0 Å². The van der Waals surface area contributed by atoms with E-state index in [1.165, 1.54) is 0 Å². The van der Waals surface area contributed by atoms with Gasteiger partial charge in [0.1, 0.15) is 6.61 Å². The van der Waals surface area contributed by atoms with Gasteiger partial charge in [-0.3, -0.25) is 0 Å². The van der Waals surface area contributed by atoms with Crippen molar-refractivity contribution >= 4 is 16.1 Å². The molecule has 0 atom stereocenters. The van der Waals surface area contributed by atoms with Gasteiger partial charge in [0.25, 0.3) is 0 Å². The molecule has 7 nitrogen and oxygen atoms in total. The molecule has 0 N–H and O–H groups in total. The Hall–Kier alpha value is 0.845. The Morgan fingerprint density at radius 1 is 1.11 bits per heavy atom. The molecular weight excluding hydrogens is 350 g/mol. The summed E-state index contributed by atoms with van der Waals surface area (Å²) in [5.74, 6) is -1.03. The molecule has 0 aliphatic carbocycles. The van der Waals surface area contributed by atoms with Crippen LogP contribution in [0.1, 0.15) is 6.92 Å². The first-order valence-corrected chi connectivity index (χ1v) is 6.82. The van der Waals surface area contributed by atoms with Crippen molar-refractivity contribution in [1.29, 1.82) is 0 Å². The second-order valence-corrected chi connectivity index (χ2v) is 4.93. The first-order valence-electron chi connectivity index (χ1n) is 5.24. The second kappa shape index (κ2) is 12.6. The van der Waals surface area contributed by atoms with Gasteiger partial charge in [0.2, 0.25) is 0 Å². The third-order valence-electron chi connectivity index (χ3n) is 1.66. The van der Waals surface area contributed by atoms with Crippen molar-refractivity contribution in [3.8, 4) is 0 Å². The Bertz CT molecular complexity index is 366. The largest absolute Gasteiger partial charge is 1.00 e. The minimum absolute atomic E-state index is 0. The van der Waals surface area contributed by atoms with Gasteiger partial charge in [-0.1, -0.05) is 6.58 Å². The van der Waals surface area contributed by atoms with Crippen molar-refractivity contribution in [1.82, 2.24) is 0 Å². The van der Waals surface area contributed by atoms with Gasteiger partial charge in [0.05, 0.1) is 42.3 Å². The summed E-state index contributed by atoms with van der Waals surface area (Å²) in [6.45, 7) is 5.52. The molecule has 9 heteroatoms. The molecule has 0 amide bonds. The minimum atomic E-state index is -4.22. The second-order valence-electron chi connectivity index (χ2n) is 3.40. The fourth-order valence-corrected chi connectivity index (χ4v) is 1.12. The van der Waals surface area contributed by atoms with E-state index in [1.54, 1.807) is 6.92 Å². The predicted molar refractivity (Wildman–Crippen MR) is 62.0 cm³/mol. The van der Waals surface area contributed by atoms with Crippen LogP contribution in [0.4, 0.5) is 0 Å². The van der Waals surface area contributed by atoms with Crippen LogP contribution < -0.4 is 58.2 Å². The summed E-state index contributed by atoms with van der Waals surface area (Å²) in [6, 6.07) is 0. The van der Waals surface area contributed by atoms with Crippen molar-refractivity contribution < 1.29 is 90.2 Å². The van der Waals surface area contributed by atoms with Crippen molar-refractivity contribution in [3.63, 3.8) is 0 Å². The Kier molecular flexibility index (Phi) is 14.6. The maximum Gasteiger partial charge on any atom is 1.00 e. The van der Waals surface area contributed by atoms with E-state index in [4.69, 9.17) is 14.2 Å². The molecule has 0 radical (unpaired) electrons. The maximum absolute atomic E-state index is 10.9. The van der Waals surface area contributed by atoms with E-state index in [2.05, 4.69) is 6.58 Å². The Balaban J connectivity index is 0. The fourth-order valence-electron chi connectivity index (χ4n) is 0.799. The number of ether oxygens (including phenoxy) is 3. The fraction of sp³-hybridized carbons (Fsp3) is 0.700. The molecule has 106 valence electrons. The van der Waals surface area contributed by atoms with E-state index in [0.29, 0.717) is 5.57 Å². The predicted octanol–water partition coefficient (Wildman–Crippen LogP) is -3.31. The Morgan fingerprint density at radius 3 is 2.05 bits per heavy atom. The summed E-state index contributed by atoms with van der Waals surface area (Å²) < 4.78 is 45.2. The topological polar surface area (TPSA) is 102 Å². The number of hydrogen-bond acceptors (Lipinski definition) is 7. The zero-order valence-corrected chi connectivity index (χ0v) is 16.9. The molecular formula is C10H17O7RbS. The van der Waals surface area contributed by atoms with Gasteiger partial charge in [-0.25, -0.2) is 13.2 Å². The van der Waals surface area contributed by atoms with Crippen LogP contribution >= 0.6 is 0 Å². The zero-order valence-electron chi connectivity index (χ0n) is 11.2. The molecule has 0 aromatic heterocycles. The molecule has 0 rings (SSSR count). The molecule has 0 aromatic carbocycles. The summed E-state index contributed by atoms with van der Waals surface area (Å²) in [4.78, 5) is 10.9. The van der Waals surface area contributed by atoms with Gasteiger partial charge in [-0.15, -0.1) is 0 Å². The number of rotatable bonds is 10. The first-order chi connectivity index (χ1) is 8.33. The summed E-state index contributed by atoms with van der Waals surface area (Å²) in [6.07, 6.45) is 0. The smallest absolute Gasteiger partial charge is 0.748 e. The van der Waals surface area contributed by atoms with Crippen LogP contribution in [0.2, 0.25) is 0 Å². The average Bonchev–Trinajstić information content (AvgIpc) is 2.24. The van der Waals surface area contributed by atoms with Crippen LogP contribution in [0.25, 0.3) is 0 Å². The van der Waals surface area contributed by atoms with E-state index in [-0.39, 0.29) is 91.2 Å². The van der Waals surface area contributed by atoms with Crippen LogP contribution in [-0.4, -0.2) is 57.7 Å². The summed E-state index contributed by atoms with van der Waals surface area (Å²) in [5, 5.41) is 0. The number of esters is 1. The number of carbonyl (C=O) groups excluding carboxylic acids is 1. The molecule has 0 saturated carbocycles. The van der Waals surface area contributed by atoms with Crippen LogP contribution in [0, 0.1) is 0 Å². The van der Waals surface area contributed by atoms with Crippen LogP contribution in [-0.2, 0) is 29.1 Å². The van der Waals surface area contributed by atoms with E-state index in [1.807, 2.05) is 0 Å².